The van der Waals surface area contributed by atoms with E-state index < -0.39 is 34.9 Å². The number of nitrogens with one attached hydrogen (secondary N) is 1. The van der Waals surface area contributed by atoms with Crippen LogP contribution in [0.5, 0.6) is 0 Å². The average Bonchev–Trinajstić information content (AvgIpc) is 2.40. The van der Waals surface area contributed by atoms with Gasteiger partial charge in [-0.1, -0.05) is 11.6 Å². The molecular weight excluding hydrogens is 308 g/mol. The first kappa shape index (κ1) is 15.8. The van der Waals surface area contributed by atoms with Crippen LogP contribution < -0.4 is 11.3 Å². The van der Waals surface area contributed by atoms with Crippen molar-refractivity contribution in [1.82, 2.24) is 5.43 Å². The third kappa shape index (κ3) is 3.53. The molecule has 2 rings (SSSR count). The summed E-state index contributed by atoms with van der Waals surface area (Å²) in [7, 11) is 0. The molecular formula is C14H11ClF4N2. The van der Waals surface area contributed by atoms with Crippen LogP contribution in [0, 0.1) is 23.3 Å². The van der Waals surface area contributed by atoms with Gasteiger partial charge in [-0.2, -0.15) is 0 Å². The number of rotatable bonds is 4. The Labute approximate surface area is 123 Å². The predicted octanol–water partition coefficient (Wildman–Crippen LogP) is 3.64. The van der Waals surface area contributed by atoms with Gasteiger partial charge in [0.25, 0.3) is 0 Å². The van der Waals surface area contributed by atoms with E-state index in [4.69, 9.17) is 17.4 Å². The molecule has 2 aromatic rings. The summed E-state index contributed by atoms with van der Waals surface area (Å²) in [6, 6.07) is 3.72. The maximum Gasteiger partial charge on any atom is 0.133 e. The highest BCUT2D eigenvalue weighted by atomic mass is 35.5. The second-order valence-corrected chi connectivity index (χ2v) is 4.85. The van der Waals surface area contributed by atoms with E-state index in [2.05, 4.69) is 5.43 Å². The molecule has 0 saturated heterocycles. The molecule has 0 aromatic heterocycles. The second-order valence-electron chi connectivity index (χ2n) is 4.44. The number of hydrazine groups is 1. The van der Waals surface area contributed by atoms with Crippen molar-refractivity contribution in [2.24, 2.45) is 5.84 Å². The van der Waals surface area contributed by atoms with Gasteiger partial charge in [-0.15, -0.1) is 0 Å². The van der Waals surface area contributed by atoms with Gasteiger partial charge in [-0.05, 0) is 30.2 Å². The monoisotopic (exact) mass is 318 g/mol. The Bertz CT molecular complexity index is 640. The summed E-state index contributed by atoms with van der Waals surface area (Å²) in [5, 5.41) is 0.236. The zero-order valence-corrected chi connectivity index (χ0v) is 11.4. The Balaban J connectivity index is 2.39. The normalized spacial score (nSPS) is 12.5. The van der Waals surface area contributed by atoms with Crippen molar-refractivity contribution in [3.8, 4) is 0 Å². The van der Waals surface area contributed by atoms with Crippen molar-refractivity contribution >= 4 is 11.6 Å². The molecule has 0 fully saturated rings. The van der Waals surface area contributed by atoms with E-state index in [0.29, 0.717) is 17.7 Å². The molecule has 0 bridgehead atoms. The number of hydrogen-bond acceptors (Lipinski definition) is 2. The van der Waals surface area contributed by atoms with Crippen LogP contribution in [0.4, 0.5) is 17.6 Å². The van der Waals surface area contributed by atoms with Crippen molar-refractivity contribution in [2.75, 3.05) is 0 Å². The predicted molar refractivity (Wildman–Crippen MR) is 71.5 cm³/mol. The van der Waals surface area contributed by atoms with Gasteiger partial charge in [0, 0.05) is 22.7 Å². The summed E-state index contributed by atoms with van der Waals surface area (Å²) in [5.41, 5.74) is 2.12. The van der Waals surface area contributed by atoms with E-state index in [1.54, 1.807) is 0 Å². The lowest BCUT2D eigenvalue weighted by molar-refractivity contribution is 0.461. The van der Waals surface area contributed by atoms with Gasteiger partial charge >= 0.3 is 0 Å². The minimum atomic E-state index is -1.08. The topological polar surface area (TPSA) is 38.0 Å². The van der Waals surface area contributed by atoms with E-state index in [1.165, 1.54) is 6.07 Å². The summed E-state index contributed by atoms with van der Waals surface area (Å²) < 4.78 is 53.6. The summed E-state index contributed by atoms with van der Waals surface area (Å²) in [6.07, 6.45) is -0.0629. The van der Waals surface area contributed by atoms with E-state index in [0.717, 1.165) is 12.1 Å². The highest BCUT2D eigenvalue weighted by molar-refractivity contribution is 6.31. The maximum atomic E-state index is 13.7. The lowest BCUT2D eigenvalue weighted by Crippen LogP contribution is -2.31. The molecule has 112 valence electrons. The van der Waals surface area contributed by atoms with E-state index >= 15 is 0 Å². The SMILES string of the molecule is NNC(Cc1cc(F)ccc1Cl)c1c(F)cc(F)cc1F. The highest BCUT2D eigenvalue weighted by Crippen LogP contribution is 2.27. The first-order chi connectivity index (χ1) is 9.92. The Morgan fingerprint density at radius 3 is 2.19 bits per heavy atom. The van der Waals surface area contributed by atoms with Crippen molar-refractivity contribution in [3.05, 3.63) is 69.8 Å². The quantitative estimate of drug-likeness (QED) is 0.513. The second kappa shape index (κ2) is 6.43. The largest absolute Gasteiger partial charge is 0.271 e. The van der Waals surface area contributed by atoms with Crippen molar-refractivity contribution in [3.63, 3.8) is 0 Å². The Hall–Kier alpha value is -1.63. The smallest absolute Gasteiger partial charge is 0.133 e. The molecule has 1 atom stereocenters. The highest BCUT2D eigenvalue weighted by Gasteiger charge is 2.22. The van der Waals surface area contributed by atoms with Crippen LogP contribution in [0.2, 0.25) is 5.02 Å². The van der Waals surface area contributed by atoms with Gasteiger partial charge in [0.05, 0.1) is 6.04 Å². The van der Waals surface area contributed by atoms with Crippen molar-refractivity contribution in [1.29, 1.82) is 0 Å². The van der Waals surface area contributed by atoms with Crippen LogP contribution in [-0.4, -0.2) is 0 Å². The molecule has 0 aliphatic rings. The fourth-order valence-corrected chi connectivity index (χ4v) is 2.24. The van der Waals surface area contributed by atoms with Gasteiger partial charge in [0.2, 0.25) is 0 Å². The van der Waals surface area contributed by atoms with Crippen LogP contribution in [-0.2, 0) is 6.42 Å². The molecule has 0 saturated carbocycles. The van der Waals surface area contributed by atoms with Gasteiger partial charge < -0.3 is 0 Å². The van der Waals surface area contributed by atoms with E-state index in [9.17, 15) is 17.6 Å². The lowest BCUT2D eigenvalue weighted by atomic mass is 9.98. The molecule has 2 nitrogen and oxygen atoms in total. The molecule has 0 spiro atoms. The zero-order chi connectivity index (χ0) is 15.6. The first-order valence-electron chi connectivity index (χ1n) is 5.97. The standard InChI is InChI=1S/C14H11ClF4N2/c15-10-2-1-8(16)3-7(10)4-13(21-20)14-11(18)5-9(17)6-12(14)19/h1-3,5-6,13,21H,4,20H2. The third-order valence-corrected chi connectivity index (χ3v) is 3.39. The van der Waals surface area contributed by atoms with Crippen LogP contribution in [0.25, 0.3) is 0 Å². The summed E-state index contributed by atoms with van der Waals surface area (Å²) >= 11 is 5.91. The molecule has 3 N–H and O–H groups in total. The average molecular weight is 319 g/mol. The van der Waals surface area contributed by atoms with E-state index in [1.807, 2.05) is 0 Å². The molecule has 7 heteroatoms. The fourth-order valence-electron chi connectivity index (χ4n) is 2.05. The van der Waals surface area contributed by atoms with Crippen LogP contribution in [0.3, 0.4) is 0 Å². The number of nitrogens with two attached hydrogens (primary N) is 1. The molecule has 0 radical (unpaired) electrons. The Kier molecular flexibility index (Phi) is 4.82. The summed E-state index contributed by atoms with van der Waals surface area (Å²) in [6.45, 7) is 0. The first-order valence-corrected chi connectivity index (χ1v) is 6.34. The molecule has 0 aliphatic heterocycles. The lowest BCUT2D eigenvalue weighted by Gasteiger charge is -2.18. The van der Waals surface area contributed by atoms with Crippen molar-refractivity contribution < 1.29 is 17.6 Å². The molecule has 21 heavy (non-hydrogen) atoms. The summed E-state index contributed by atoms with van der Waals surface area (Å²) in [5.74, 6) is 1.57. The van der Waals surface area contributed by atoms with Crippen LogP contribution in [0.15, 0.2) is 30.3 Å². The van der Waals surface area contributed by atoms with Crippen LogP contribution in [0.1, 0.15) is 17.2 Å². The minimum absolute atomic E-state index is 0.0629. The van der Waals surface area contributed by atoms with Crippen molar-refractivity contribution in [2.45, 2.75) is 12.5 Å². The van der Waals surface area contributed by atoms with Gasteiger partial charge in [0.1, 0.15) is 23.3 Å². The number of hydrogen-bond donors (Lipinski definition) is 2. The Morgan fingerprint density at radius 1 is 1.00 bits per heavy atom. The molecule has 0 heterocycles. The summed E-state index contributed by atoms with van der Waals surface area (Å²) in [4.78, 5) is 0. The van der Waals surface area contributed by atoms with Gasteiger partial charge in [-0.25, -0.2) is 17.6 Å². The fraction of sp³-hybridized carbons (Fsp3) is 0.143. The number of halogens is 5. The van der Waals surface area contributed by atoms with Gasteiger partial charge in [0.15, 0.2) is 0 Å². The number of benzene rings is 2. The molecule has 2 aromatic carbocycles. The minimum Gasteiger partial charge on any atom is -0.271 e. The zero-order valence-electron chi connectivity index (χ0n) is 10.6. The molecule has 1 unspecified atom stereocenters. The third-order valence-electron chi connectivity index (χ3n) is 3.03. The maximum absolute atomic E-state index is 13.7. The Morgan fingerprint density at radius 2 is 1.62 bits per heavy atom. The van der Waals surface area contributed by atoms with E-state index in [-0.39, 0.29) is 11.4 Å². The van der Waals surface area contributed by atoms with Crippen LogP contribution >= 0.6 is 11.6 Å². The van der Waals surface area contributed by atoms with Gasteiger partial charge in [-0.3, -0.25) is 11.3 Å². The molecule has 0 aliphatic carbocycles. The molecule has 0 amide bonds.